The van der Waals surface area contributed by atoms with Crippen LogP contribution in [0.25, 0.3) is 0 Å². The lowest BCUT2D eigenvalue weighted by atomic mass is 10.2. The highest BCUT2D eigenvalue weighted by Gasteiger charge is 2.29. The summed E-state index contributed by atoms with van der Waals surface area (Å²) in [6, 6.07) is 5.72. The van der Waals surface area contributed by atoms with Crippen molar-refractivity contribution in [1.29, 1.82) is 0 Å². The Kier molecular flexibility index (Phi) is 5.76. The maximum atomic E-state index is 11.8. The fourth-order valence-corrected chi connectivity index (χ4v) is 2.17. The van der Waals surface area contributed by atoms with Gasteiger partial charge in [0.1, 0.15) is 11.9 Å². The molecule has 2 heterocycles. The van der Waals surface area contributed by atoms with Crippen molar-refractivity contribution in [2.24, 2.45) is 5.73 Å². The Morgan fingerprint density at radius 1 is 1.40 bits per heavy atom. The second-order valence-corrected chi connectivity index (χ2v) is 4.85. The lowest BCUT2D eigenvalue weighted by molar-refractivity contribution is -0.131. The molecule has 0 unspecified atom stereocenters. The van der Waals surface area contributed by atoms with Crippen LogP contribution >= 0.6 is 0 Å². The molecule has 1 saturated heterocycles. The van der Waals surface area contributed by atoms with E-state index in [1.807, 2.05) is 18.2 Å². The molecule has 20 heavy (non-hydrogen) atoms. The minimum atomic E-state index is -0.327. The molecule has 1 amide bonds. The fourth-order valence-electron chi connectivity index (χ4n) is 2.17. The maximum absolute atomic E-state index is 11.8. The zero-order valence-electron chi connectivity index (χ0n) is 11.5. The van der Waals surface area contributed by atoms with Gasteiger partial charge in [-0.25, -0.2) is 4.98 Å². The van der Waals surface area contributed by atoms with Gasteiger partial charge in [-0.1, -0.05) is 6.07 Å². The zero-order chi connectivity index (χ0) is 14.2. The van der Waals surface area contributed by atoms with E-state index in [2.05, 4.69) is 15.6 Å². The molecule has 1 fully saturated rings. The summed E-state index contributed by atoms with van der Waals surface area (Å²) in [6.45, 7) is 1.89. The Morgan fingerprint density at radius 2 is 2.30 bits per heavy atom. The van der Waals surface area contributed by atoms with E-state index in [-0.39, 0.29) is 18.1 Å². The fraction of sp³-hybridized carbons (Fsp3) is 0.571. The van der Waals surface area contributed by atoms with Crippen molar-refractivity contribution in [1.82, 2.24) is 10.3 Å². The third-order valence-electron chi connectivity index (χ3n) is 3.29. The summed E-state index contributed by atoms with van der Waals surface area (Å²) in [6.07, 6.45) is 3.93. The van der Waals surface area contributed by atoms with Crippen LogP contribution in [0.2, 0.25) is 0 Å². The summed E-state index contributed by atoms with van der Waals surface area (Å²) in [5.41, 5.74) is 5.52. The number of nitrogens with zero attached hydrogens (tertiary/aromatic N) is 1. The number of hydrogen-bond donors (Lipinski definition) is 3. The van der Waals surface area contributed by atoms with Gasteiger partial charge in [0.05, 0.1) is 6.10 Å². The van der Waals surface area contributed by atoms with Gasteiger partial charge in [0.15, 0.2) is 0 Å². The summed E-state index contributed by atoms with van der Waals surface area (Å²) in [4.78, 5) is 16.0. The van der Waals surface area contributed by atoms with E-state index in [9.17, 15) is 4.79 Å². The Morgan fingerprint density at radius 3 is 3.00 bits per heavy atom. The van der Waals surface area contributed by atoms with Crippen LogP contribution in [0.4, 0.5) is 5.82 Å². The van der Waals surface area contributed by atoms with Gasteiger partial charge in [-0.2, -0.15) is 0 Å². The van der Waals surface area contributed by atoms with E-state index < -0.39 is 0 Å². The average molecular weight is 278 g/mol. The third-order valence-corrected chi connectivity index (χ3v) is 3.29. The van der Waals surface area contributed by atoms with E-state index in [4.69, 9.17) is 10.5 Å². The first-order valence-electron chi connectivity index (χ1n) is 7.07. The summed E-state index contributed by atoms with van der Waals surface area (Å²) in [5.74, 6) is 0.822. The summed E-state index contributed by atoms with van der Waals surface area (Å²) in [7, 11) is 0. The van der Waals surface area contributed by atoms with E-state index in [1.165, 1.54) is 0 Å². The quantitative estimate of drug-likeness (QED) is 0.632. The monoisotopic (exact) mass is 278 g/mol. The first-order chi connectivity index (χ1) is 9.79. The lowest BCUT2D eigenvalue weighted by Crippen LogP contribution is -2.36. The van der Waals surface area contributed by atoms with Crippen LogP contribution < -0.4 is 16.4 Å². The lowest BCUT2D eigenvalue weighted by Gasteiger charge is -2.12. The van der Waals surface area contributed by atoms with Crippen LogP contribution in [0.5, 0.6) is 0 Å². The molecule has 0 bridgehead atoms. The van der Waals surface area contributed by atoms with Crippen molar-refractivity contribution >= 4 is 11.7 Å². The van der Waals surface area contributed by atoms with E-state index >= 15 is 0 Å². The molecule has 1 aromatic heterocycles. The highest BCUT2D eigenvalue weighted by molar-refractivity contribution is 5.80. The number of rotatable bonds is 7. The van der Waals surface area contributed by atoms with Crippen molar-refractivity contribution in [2.75, 3.05) is 25.0 Å². The zero-order valence-corrected chi connectivity index (χ0v) is 11.5. The van der Waals surface area contributed by atoms with Crippen LogP contribution in [0.15, 0.2) is 24.4 Å². The van der Waals surface area contributed by atoms with Gasteiger partial charge in [0.2, 0.25) is 5.91 Å². The number of amides is 1. The van der Waals surface area contributed by atoms with Crippen molar-refractivity contribution in [3.05, 3.63) is 24.4 Å². The molecule has 2 rings (SSSR count). The predicted octanol–water partition coefficient (Wildman–Crippen LogP) is 0.506. The largest absolute Gasteiger partial charge is 0.370 e. The number of nitrogens with one attached hydrogen (secondary N) is 2. The van der Waals surface area contributed by atoms with Crippen molar-refractivity contribution in [2.45, 2.75) is 31.5 Å². The Balaban J connectivity index is 1.56. The Bertz CT molecular complexity index is 413. The molecular formula is C14H22N4O2. The molecule has 110 valence electrons. The van der Waals surface area contributed by atoms with Crippen molar-refractivity contribution in [3.8, 4) is 0 Å². The maximum Gasteiger partial charge on any atom is 0.249 e. The first-order valence-corrected chi connectivity index (χ1v) is 7.07. The molecule has 1 aliphatic rings. The normalized spacial score (nSPS) is 21.6. The van der Waals surface area contributed by atoms with E-state index in [1.54, 1.807) is 6.20 Å². The minimum Gasteiger partial charge on any atom is -0.370 e. The van der Waals surface area contributed by atoms with Crippen molar-refractivity contribution in [3.63, 3.8) is 0 Å². The Hall–Kier alpha value is -1.66. The van der Waals surface area contributed by atoms with Gasteiger partial charge in [-0.15, -0.1) is 0 Å². The molecule has 0 saturated carbocycles. The predicted molar refractivity (Wildman–Crippen MR) is 77.3 cm³/mol. The highest BCUT2D eigenvalue weighted by atomic mass is 16.5. The van der Waals surface area contributed by atoms with E-state index in [0.717, 1.165) is 31.6 Å². The first kappa shape index (κ1) is 14.7. The van der Waals surface area contributed by atoms with Crippen molar-refractivity contribution < 1.29 is 9.53 Å². The van der Waals surface area contributed by atoms with Crippen LogP contribution in [0.3, 0.4) is 0 Å². The topological polar surface area (TPSA) is 89.3 Å². The molecule has 0 aliphatic carbocycles. The molecule has 6 heteroatoms. The second-order valence-electron chi connectivity index (χ2n) is 4.85. The standard InChI is InChI=1S/C14H22N4O2/c15-10-11-5-6-12(20-11)14(19)18-9-3-8-17-13-4-1-2-7-16-13/h1-2,4,7,11-12H,3,5-6,8-10,15H2,(H,16,17)(H,18,19)/t11-,12+/m1/s1. The molecular weight excluding hydrogens is 256 g/mol. The third kappa shape index (κ3) is 4.47. The number of carbonyl (C=O) groups excluding carboxylic acids is 1. The van der Waals surface area contributed by atoms with Gasteiger partial charge < -0.3 is 21.1 Å². The molecule has 0 aromatic carbocycles. The van der Waals surface area contributed by atoms with Crippen LogP contribution in [0, 0.1) is 0 Å². The number of anilines is 1. The van der Waals surface area contributed by atoms with Crippen LogP contribution in [-0.4, -0.2) is 42.7 Å². The van der Waals surface area contributed by atoms with Crippen LogP contribution in [0.1, 0.15) is 19.3 Å². The summed E-state index contributed by atoms with van der Waals surface area (Å²) < 4.78 is 5.54. The smallest absolute Gasteiger partial charge is 0.249 e. The molecule has 2 atom stereocenters. The number of carbonyl (C=O) groups is 1. The molecule has 1 aliphatic heterocycles. The summed E-state index contributed by atoms with van der Waals surface area (Å²) >= 11 is 0. The summed E-state index contributed by atoms with van der Waals surface area (Å²) in [5, 5.41) is 6.08. The van der Waals surface area contributed by atoms with E-state index in [0.29, 0.717) is 13.1 Å². The molecule has 0 spiro atoms. The number of aromatic nitrogens is 1. The minimum absolute atomic E-state index is 0.0289. The average Bonchev–Trinajstić information content (AvgIpc) is 2.97. The second kappa shape index (κ2) is 7.81. The van der Waals surface area contributed by atoms with Gasteiger partial charge in [-0.05, 0) is 31.4 Å². The number of hydrogen-bond acceptors (Lipinski definition) is 5. The van der Waals surface area contributed by atoms with Gasteiger partial charge in [0, 0.05) is 25.8 Å². The molecule has 0 radical (unpaired) electrons. The molecule has 1 aromatic rings. The van der Waals surface area contributed by atoms with Gasteiger partial charge >= 0.3 is 0 Å². The van der Waals surface area contributed by atoms with Gasteiger partial charge in [0.25, 0.3) is 0 Å². The molecule has 4 N–H and O–H groups in total. The number of nitrogens with two attached hydrogens (primary N) is 1. The number of ether oxygens (including phenoxy) is 1. The SMILES string of the molecule is NC[C@H]1CC[C@@H](C(=O)NCCCNc2ccccn2)O1. The number of pyridine rings is 1. The highest BCUT2D eigenvalue weighted by Crippen LogP contribution is 2.18. The Labute approximate surface area is 119 Å². The van der Waals surface area contributed by atoms with Crippen LogP contribution in [-0.2, 0) is 9.53 Å². The van der Waals surface area contributed by atoms with Gasteiger partial charge in [-0.3, -0.25) is 4.79 Å². The molecule has 6 nitrogen and oxygen atoms in total.